The number of carbonyl (C=O) groups excluding carboxylic acids is 1. The summed E-state index contributed by atoms with van der Waals surface area (Å²) >= 11 is 0. The minimum Gasteiger partial charge on any atom is -0.506 e. The molecule has 2 heterocycles. The van der Waals surface area contributed by atoms with Gasteiger partial charge in [0.1, 0.15) is 17.1 Å². The van der Waals surface area contributed by atoms with Crippen LogP contribution >= 0.6 is 0 Å². The minimum absolute atomic E-state index is 0.0674. The Morgan fingerprint density at radius 1 is 0.696 bits per heavy atom. The Kier molecular flexibility index (Phi) is 5.83. The average molecular weight is 611 g/mol. The topological polar surface area (TPSA) is 85.8 Å². The van der Waals surface area contributed by atoms with E-state index < -0.39 is 5.66 Å². The number of allylic oxidation sites excluding steroid dienone is 2. The first kappa shape index (κ1) is 27.9. The monoisotopic (exact) mass is 610 g/mol. The number of rotatable bonds is 1. The average Bonchev–Trinajstić information content (AvgIpc) is 3.05. The molecule has 0 aromatic heterocycles. The number of aliphatic hydroxyl groups excluding tert-OH is 1. The summed E-state index contributed by atoms with van der Waals surface area (Å²) in [5.41, 5.74) is 3.88. The van der Waals surface area contributed by atoms with Crippen molar-refractivity contribution in [1.82, 2.24) is 0 Å². The van der Waals surface area contributed by atoms with E-state index in [9.17, 15) is 9.90 Å². The van der Waals surface area contributed by atoms with Gasteiger partial charge in [-0.3, -0.25) is 9.79 Å². The zero-order valence-electron chi connectivity index (χ0n) is 27.1. The molecule has 9 rings (SSSR count). The number of ketones is 1. The van der Waals surface area contributed by atoms with Crippen LogP contribution in [0.15, 0.2) is 71.4 Å². The maximum Gasteiger partial charge on any atom is 0.201 e. The molecule has 4 aromatic rings. The Labute approximate surface area is 269 Å². The van der Waals surface area contributed by atoms with Crippen molar-refractivity contribution in [2.45, 2.75) is 77.5 Å². The molecule has 4 N–H and O–H groups in total. The van der Waals surface area contributed by atoms with Crippen molar-refractivity contribution in [3.8, 4) is 0 Å². The number of anilines is 3. The van der Waals surface area contributed by atoms with Crippen molar-refractivity contribution < 1.29 is 9.90 Å². The summed E-state index contributed by atoms with van der Waals surface area (Å²) in [6.07, 6.45) is 6.88. The van der Waals surface area contributed by atoms with E-state index in [1.807, 2.05) is 12.1 Å². The quantitative estimate of drug-likeness (QED) is 0.176. The van der Waals surface area contributed by atoms with Crippen molar-refractivity contribution in [2.24, 2.45) is 28.7 Å². The molecule has 3 aliphatic carbocycles. The highest BCUT2D eigenvalue weighted by atomic mass is 16.3. The Morgan fingerprint density at radius 3 is 1.98 bits per heavy atom. The van der Waals surface area contributed by atoms with Gasteiger partial charge in [-0.25, -0.2) is 0 Å². The Balaban J connectivity index is 1.28. The highest BCUT2D eigenvalue weighted by Crippen LogP contribution is 2.51. The van der Waals surface area contributed by atoms with Crippen molar-refractivity contribution in [3.63, 3.8) is 0 Å². The predicted molar refractivity (Wildman–Crippen MR) is 187 cm³/mol. The Morgan fingerprint density at radius 2 is 1.30 bits per heavy atom. The van der Waals surface area contributed by atoms with Gasteiger partial charge in [-0.05, 0) is 72.3 Å². The van der Waals surface area contributed by atoms with E-state index in [1.54, 1.807) is 0 Å². The van der Waals surface area contributed by atoms with Crippen LogP contribution in [0.3, 0.4) is 0 Å². The van der Waals surface area contributed by atoms with Gasteiger partial charge in [0.15, 0.2) is 0 Å². The van der Waals surface area contributed by atoms with Gasteiger partial charge in [0.2, 0.25) is 5.78 Å². The maximum atomic E-state index is 14.4. The minimum atomic E-state index is -0.442. The van der Waals surface area contributed by atoms with Crippen molar-refractivity contribution >= 4 is 55.5 Å². The van der Waals surface area contributed by atoms with E-state index in [-0.39, 0.29) is 17.2 Å². The lowest BCUT2D eigenvalue weighted by molar-refractivity contribution is -0.109. The predicted octanol–water partition coefficient (Wildman–Crippen LogP) is 7.88. The van der Waals surface area contributed by atoms with E-state index in [0.717, 1.165) is 80.4 Å². The molecule has 2 fully saturated rings. The summed E-state index contributed by atoms with van der Waals surface area (Å²) in [7, 11) is 0. The number of Topliss-reactive ketones (excluding diaryl/α,β-unsaturated/α-hetero) is 1. The van der Waals surface area contributed by atoms with Crippen molar-refractivity contribution in [2.75, 3.05) is 16.0 Å². The van der Waals surface area contributed by atoms with Crippen LogP contribution in [0.5, 0.6) is 0 Å². The normalized spacial score (nSPS) is 32.6. The lowest BCUT2D eigenvalue weighted by Crippen LogP contribution is -2.59. The van der Waals surface area contributed by atoms with E-state index >= 15 is 0 Å². The largest absolute Gasteiger partial charge is 0.506 e. The Hall–Kier alpha value is -4.32. The zero-order chi connectivity index (χ0) is 31.5. The molecule has 2 saturated carbocycles. The van der Waals surface area contributed by atoms with Crippen LogP contribution < -0.4 is 26.5 Å². The molecular weight excluding hydrogens is 568 g/mol. The van der Waals surface area contributed by atoms with Gasteiger partial charge in [-0.1, -0.05) is 89.1 Å². The molecular formula is C40H42N4O2. The molecule has 234 valence electrons. The van der Waals surface area contributed by atoms with Gasteiger partial charge in [0.25, 0.3) is 0 Å². The first-order chi connectivity index (χ1) is 22.2. The fourth-order valence-corrected chi connectivity index (χ4v) is 9.68. The molecule has 6 nitrogen and oxygen atoms in total. The summed E-state index contributed by atoms with van der Waals surface area (Å²) in [5, 5.41) is 29.5. The second-order valence-electron chi connectivity index (χ2n) is 14.8. The van der Waals surface area contributed by atoms with Gasteiger partial charge in [0.05, 0.1) is 22.2 Å². The van der Waals surface area contributed by atoms with Gasteiger partial charge in [-0.15, -0.1) is 0 Å². The number of carbonyl (C=O) groups is 1. The maximum absolute atomic E-state index is 14.4. The Bertz CT molecular complexity index is 2140. The third-order valence-corrected chi connectivity index (χ3v) is 12.4. The summed E-state index contributed by atoms with van der Waals surface area (Å²) in [6, 6.07) is 20.8. The number of nitrogens with one attached hydrogen (secondary N) is 3. The number of hydrogen-bond acceptors (Lipinski definition) is 6. The van der Waals surface area contributed by atoms with E-state index in [0.29, 0.717) is 34.8 Å². The van der Waals surface area contributed by atoms with E-state index in [1.165, 1.54) is 12.8 Å². The fraction of sp³-hybridized carbons (Fsp3) is 0.400. The third-order valence-electron chi connectivity index (χ3n) is 12.4. The first-order valence-corrected chi connectivity index (χ1v) is 17.3. The summed E-state index contributed by atoms with van der Waals surface area (Å²) < 4.78 is 0. The van der Waals surface area contributed by atoms with Gasteiger partial charge in [-0.2, -0.15) is 0 Å². The molecule has 0 saturated heterocycles. The molecule has 4 aromatic carbocycles. The van der Waals surface area contributed by atoms with Crippen molar-refractivity contribution in [1.29, 1.82) is 0 Å². The van der Waals surface area contributed by atoms with Gasteiger partial charge in [0, 0.05) is 32.9 Å². The second-order valence-corrected chi connectivity index (χ2v) is 14.8. The zero-order valence-corrected chi connectivity index (χ0v) is 27.1. The standard InChI is InChI=1S/C40H42N4O2/c1-21-9-5-10-22(2)39(21)41-29-15-7-13-25-17-19-27(35(43-39)31(25)29)33-37(45)34(38(33)46)28-20-18-26-14-8-16-30-32(26)36(28)44-40(42-30)23(3)11-6-12-24(40)4/h7-8,13-24,41-43,45H,5-6,9-12H2,1-4H3. The lowest BCUT2D eigenvalue weighted by atomic mass is 9.71. The van der Waals surface area contributed by atoms with Gasteiger partial charge < -0.3 is 21.1 Å². The van der Waals surface area contributed by atoms with E-state index in [4.69, 9.17) is 4.99 Å². The molecule has 4 unspecified atom stereocenters. The molecule has 5 aliphatic rings. The van der Waals surface area contributed by atoms with Crippen molar-refractivity contribution in [3.05, 3.63) is 82.6 Å². The van der Waals surface area contributed by atoms with E-state index in [2.05, 4.69) is 92.2 Å². The number of aliphatic hydroxyl groups is 1. The number of nitrogens with zero attached hydrogens (tertiary/aromatic N) is 1. The molecule has 0 amide bonds. The van der Waals surface area contributed by atoms with Gasteiger partial charge >= 0.3 is 0 Å². The molecule has 6 heteroatoms. The number of benzene rings is 4. The molecule has 2 spiro atoms. The molecule has 2 aliphatic heterocycles. The fourth-order valence-electron chi connectivity index (χ4n) is 9.68. The van der Waals surface area contributed by atoms with Crippen LogP contribution in [0.25, 0.3) is 32.7 Å². The second kappa shape index (κ2) is 9.60. The van der Waals surface area contributed by atoms with Crippen LogP contribution in [0.4, 0.5) is 17.1 Å². The summed E-state index contributed by atoms with van der Waals surface area (Å²) in [4.78, 5) is 19.9. The number of hydrogen-bond donors (Lipinski definition) is 4. The molecule has 0 bridgehead atoms. The molecule has 0 radical (unpaired) electrons. The lowest BCUT2D eigenvalue weighted by Gasteiger charge is -2.52. The van der Waals surface area contributed by atoms with Crippen LogP contribution in [0.2, 0.25) is 0 Å². The highest BCUT2D eigenvalue weighted by Gasteiger charge is 2.48. The SMILES string of the molecule is CC1CCCC(C)C12N=c1c(=C3C(=O)C(c4ccc5cccc6c5c4NC4(N6)C(C)CCCC4C)=C3O)ccc3cccc(c13)N2. The van der Waals surface area contributed by atoms with Crippen LogP contribution in [0.1, 0.15) is 71.8 Å². The molecule has 4 atom stereocenters. The molecule has 46 heavy (non-hydrogen) atoms. The third kappa shape index (κ3) is 3.53. The van der Waals surface area contributed by atoms with Crippen LogP contribution in [0, 0.1) is 23.7 Å². The van der Waals surface area contributed by atoms with Crippen LogP contribution in [-0.2, 0) is 4.79 Å². The first-order valence-electron chi connectivity index (χ1n) is 17.3. The van der Waals surface area contributed by atoms with Crippen LogP contribution in [-0.4, -0.2) is 22.2 Å². The summed E-state index contributed by atoms with van der Waals surface area (Å²) in [6.45, 7) is 9.22. The smallest absolute Gasteiger partial charge is 0.201 e. The summed E-state index contributed by atoms with van der Waals surface area (Å²) in [5.74, 6) is 1.41. The highest BCUT2D eigenvalue weighted by molar-refractivity contribution is 6.52.